The molecule has 0 spiro atoms. The molecule has 0 unspecified atom stereocenters. The summed E-state index contributed by atoms with van der Waals surface area (Å²) in [4.78, 5) is 9.96. The fourth-order valence-electron chi connectivity index (χ4n) is 2.77. The lowest BCUT2D eigenvalue weighted by Gasteiger charge is -2.16. The van der Waals surface area contributed by atoms with Crippen molar-refractivity contribution in [2.24, 2.45) is 11.5 Å². The van der Waals surface area contributed by atoms with Crippen molar-refractivity contribution in [3.8, 4) is 22.8 Å². The zero-order valence-corrected chi connectivity index (χ0v) is 15.1. The quantitative estimate of drug-likeness (QED) is 0.390. The first-order valence-corrected chi connectivity index (χ1v) is 8.22. The normalized spacial score (nSPS) is 12.7. The van der Waals surface area contributed by atoms with Crippen LogP contribution in [0.25, 0.3) is 22.8 Å². The van der Waals surface area contributed by atoms with Gasteiger partial charge in [-0.3, -0.25) is 0 Å². The molecule has 25 heavy (non-hydrogen) atoms. The smallest absolute Gasteiger partial charge is 0.0855 e. The zero-order chi connectivity index (χ0) is 18.6. The van der Waals surface area contributed by atoms with E-state index in [1.807, 2.05) is 52.0 Å². The lowest BCUT2D eigenvalue weighted by molar-refractivity contribution is 0.539. The van der Waals surface area contributed by atoms with Gasteiger partial charge in [-0.25, -0.2) is 0 Å². The summed E-state index contributed by atoms with van der Waals surface area (Å²) in [5.41, 5.74) is 30.0. The van der Waals surface area contributed by atoms with Crippen LogP contribution in [0.15, 0.2) is 24.3 Å². The summed E-state index contributed by atoms with van der Waals surface area (Å²) in [6.07, 6.45) is 0. The van der Waals surface area contributed by atoms with Gasteiger partial charge in [0.05, 0.1) is 45.2 Å². The van der Waals surface area contributed by atoms with Gasteiger partial charge in [-0.15, -0.1) is 0 Å². The van der Waals surface area contributed by atoms with Gasteiger partial charge in [-0.1, -0.05) is 0 Å². The molecule has 0 aliphatic rings. The minimum atomic E-state index is -0.493. The van der Waals surface area contributed by atoms with Gasteiger partial charge in [0.15, 0.2) is 0 Å². The van der Waals surface area contributed by atoms with Crippen LogP contribution in [0.5, 0.6) is 0 Å². The van der Waals surface area contributed by atoms with Gasteiger partial charge < -0.3 is 37.9 Å². The molecule has 0 saturated heterocycles. The maximum Gasteiger partial charge on any atom is 0.0855 e. The summed E-state index contributed by atoms with van der Waals surface area (Å²) in [6.45, 7) is 7.71. The Bertz CT molecular complexity index is 824. The van der Waals surface area contributed by atoms with Gasteiger partial charge >= 0.3 is 0 Å². The van der Waals surface area contributed by atoms with Crippen LogP contribution in [0.3, 0.4) is 0 Å². The average Bonchev–Trinajstić information content (AvgIpc) is 3.14. The van der Waals surface area contributed by atoms with Crippen molar-refractivity contribution in [1.82, 2.24) is 15.0 Å². The second-order valence-electron chi connectivity index (χ2n) is 7.76. The summed E-state index contributed by atoms with van der Waals surface area (Å²) < 4.78 is 0. The van der Waals surface area contributed by atoms with E-state index >= 15 is 0 Å². The van der Waals surface area contributed by atoms with Gasteiger partial charge in [0, 0.05) is 11.4 Å². The van der Waals surface area contributed by atoms with Crippen LogP contribution in [0.4, 0.5) is 11.4 Å². The minimum absolute atomic E-state index is 0.493. The van der Waals surface area contributed by atoms with E-state index in [4.69, 9.17) is 22.9 Å². The van der Waals surface area contributed by atoms with Crippen molar-refractivity contribution >= 4 is 11.4 Å². The highest BCUT2D eigenvalue weighted by Gasteiger charge is 2.21. The third-order valence-electron chi connectivity index (χ3n) is 4.31. The van der Waals surface area contributed by atoms with E-state index in [9.17, 15) is 0 Å². The van der Waals surface area contributed by atoms with Crippen molar-refractivity contribution in [2.75, 3.05) is 11.5 Å². The van der Waals surface area contributed by atoms with Gasteiger partial charge in [-0.2, -0.15) is 0 Å². The fraction of sp³-hybridized carbons (Fsp3) is 0.333. The molecular weight excluding hydrogens is 314 g/mol. The molecular formula is C18H27N7. The Balaban J connectivity index is 1.99. The Hall–Kier alpha value is -2.64. The topological polar surface area (TPSA) is 151 Å². The molecule has 0 aliphatic heterocycles. The molecule has 3 heterocycles. The monoisotopic (exact) mass is 341 g/mol. The van der Waals surface area contributed by atoms with Crippen LogP contribution >= 0.6 is 0 Å². The van der Waals surface area contributed by atoms with Crippen molar-refractivity contribution in [3.63, 3.8) is 0 Å². The maximum absolute atomic E-state index is 6.15. The highest BCUT2D eigenvalue weighted by Crippen LogP contribution is 2.33. The molecule has 0 saturated carbocycles. The minimum Gasteiger partial charge on any atom is -0.397 e. The van der Waals surface area contributed by atoms with E-state index in [1.165, 1.54) is 0 Å². The molecule has 11 N–H and O–H groups in total. The number of hydrogen-bond donors (Lipinski definition) is 7. The Morgan fingerprint density at radius 1 is 0.680 bits per heavy atom. The molecule has 0 aromatic carbocycles. The molecule has 0 radical (unpaired) electrons. The Kier molecular flexibility index (Phi) is 3.74. The third kappa shape index (κ3) is 3.16. The molecule has 0 aliphatic carbocycles. The van der Waals surface area contributed by atoms with Crippen molar-refractivity contribution < 1.29 is 0 Å². The number of nitrogens with two attached hydrogens (primary N) is 4. The first kappa shape index (κ1) is 17.2. The SMILES string of the molecule is CC(C)(N)c1cc(N)c(-c2ccc(-c3[nH]c(C(C)(C)N)cc3N)[nH]2)[nH]1. The Morgan fingerprint density at radius 2 is 1.04 bits per heavy atom. The fourth-order valence-corrected chi connectivity index (χ4v) is 2.77. The maximum atomic E-state index is 6.15. The second kappa shape index (κ2) is 5.44. The predicted octanol–water partition coefficient (Wildman–Crippen LogP) is 2.56. The largest absolute Gasteiger partial charge is 0.397 e. The van der Waals surface area contributed by atoms with Gasteiger partial charge in [0.25, 0.3) is 0 Å². The van der Waals surface area contributed by atoms with Crippen LogP contribution in [0.2, 0.25) is 0 Å². The summed E-state index contributed by atoms with van der Waals surface area (Å²) in [5.74, 6) is 0. The van der Waals surface area contributed by atoms with Gasteiger partial charge in [0.1, 0.15) is 0 Å². The highest BCUT2D eigenvalue weighted by atomic mass is 14.9. The van der Waals surface area contributed by atoms with E-state index in [1.54, 1.807) is 0 Å². The number of rotatable bonds is 4. The first-order valence-electron chi connectivity index (χ1n) is 8.22. The predicted molar refractivity (Wildman–Crippen MR) is 104 cm³/mol. The second-order valence-corrected chi connectivity index (χ2v) is 7.76. The van der Waals surface area contributed by atoms with Crippen molar-refractivity contribution in [2.45, 2.75) is 38.8 Å². The number of hydrogen-bond acceptors (Lipinski definition) is 4. The summed E-state index contributed by atoms with van der Waals surface area (Å²) >= 11 is 0. The van der Waals surface area contributed by atoms with Crippen LogP contribution in [-0.4, -0.2) is 15.0 Å². The van der Waals surface area contributed by atoms with Gasteiger partial charge in [-0.05, 0) is 52.0 Å². The van der Waals surface area contributed by atoms with Crippen molar-refractivity contribution in [1.29, 1.82) is 0 Å². The number of nitrogen functional groups attached to an aromatic ring is 2. The van der Waals surface area contributed by atoms with Crippen LogP contribution in [0, 0.1) is 0 Å². The number of anilines is 2. The van der Waals surface area contributed by atoms with Gasteiger partial charge in [0.2, 0.25) is 0 Å². The molecule has 134 valence electrons. The Labute approximate surface area is 147 Å². The number of aromatic nitrogens is 3. The van der Waals surface area contributed by atoms with E-state index in [-0.39, 0.29) is 0 Å². The number of aromatic amines is 3. The molecule has 0 fully saturated rings. The molecule has 0 amide bonds. The Morgan fingerprint density at radius 3 is 1.32 bits per heavy atom. The average molecular weight is 341 g/mol. The van der Waals surface area contributed by atoms with E-state index in [0.717, 1.165) is 34.2 Å². The van der Waals surface area contributed by atoms with Crippen LogP contribution in [0.1, 0.15) is 39.1 Å². The molecule has 7 nitrogen and oxygen atoms in total. The van der Waals surface area contributed by atoms with Crippen LogP contribution < -0.4 is 22.9 Å². The molecule has 3 aromatic rings. The summed E-state index contributed by atoms with van der Waals surface area (Å²) in [6, 6.07) is 7.65. The molecule has 3 aromatic heterocycles. The molecule has 7 heteroatoms. The van der Waals surface area contributed by atoms with E-state index in [2.05, 4.69) is 15.0 Å². The lowest BCUT2D eigenvalue weighted by atomic mass is 10.0. The molecule has 0 bridgehead atoms. The number of H-pyrrole nitrogens is 3. The molecule has 0 atom stereocenters. The van der Waals surface area contributed by atoms with E-state index in [0.29, 0.717) is 11.4 Å². The standard InChI is InChI=1S/C18H27N7/c1-17(2,21)13-7-9(19)15(24-13)11-5-6-12(23-11)16-10(20)8-14(25-16)18(3,4)22/h5-8,23-25H,19-22H2,1-4H3. The number of nitrogens with one attached hydrogen (secondary N) is 3. The zero-order valence-electron chi connectivity index (χ0n) is 15.1. The lowest BCUT2D eigenvalue weighted by Crippen LogP contribution is -2.28. The summed E-state index contributed by atoms with van der Waals surface area (Å²) in [5, 5.41) is 0. The molecule has 3 rings (SSSR count). The van der Waals surface area contributed by atoms with Crippen molar-refractivity contribution in [3.05, 3.63) is 35.7 Å². The highest BCUT2D eigenvalue weighted by molar-refractivity contribution is 5.78. The van der Waals surface area contributed by atoms with Crippen LogP contribution in [-0.2, 0) is 11.1 Å². The third-order valence-corrected chi connectivity index (χ3v) is 4.31. The first-order chi connectivity index (χ1) is 11.5. The summed E-state index contributed by atoms with van der Waals surface area (Å²) in [7, 11) is 0. The van der Waals surface area contributed by atoms with E-state index < -0.39 is 11.1 Å².